The first-order chi connectivity index (χ1) is 19.0. The second kappa shape index (κ2) is 20.8. The summed E-state index contributed by atoms with van der Waals surface area (Å²) in [5, 5.41) is 0. The summed E-state index contributed by atoms with van der Waals surface area (Å²) in [6.45, 7) is 2.80. The van der Waals surface area contributed by atoms with Crippen LogP contribution in [0.4, 0.5) is 39.5 Å². The third-order valence-corrected chi connectivity index (χ3v) is 3.77. The van der Waals surface area contributed by atoms with Gasteiger partial charge in [-0.05, 0) is 45.0 Å². The van der Waals surface area contributed by atoms with Crippen LogP contribution in [0.15, 0.2) is 48.8 Å². The second-order valence-electron chi connectivity index (χ2n) is 7.83. The van der Waals surface area contributed by atoms with Crippen LogP contribution in [0.2, 0.25) is 0 Å². The van der Waals surface area contributed by atoms with Crippen LogP contribution in [0, 0.1) is 38.6 Å². The van der Waals surface area contributed by atoms with E-state index in [1.54, 1.807) is 12.4 Å². The van der Waals surface area contributed by atoms with Crippen molar-refractivity contribution in [2.75, 3.05) is 0 Å². The molecule has 0 aliphatic carbocycles. The van der Waals surface area contributed by atoms with E-state index in [-0.39, 0.29) is 38.6 Å². The quantitative estimate of drug-likeness (QED) is 0.269. The molecular weight excluding hydrogens is 754 g/mol. The number of ketones is 6. The van der Waals surface area contributed by atoms with Crippen molar-refractivity contribution in [3.63, 3.8) is 0 Å². The molecular formula is C25H23F9N2O6Tb. The van der Waals surface area contributed by atoms with Crippen LogP contribution in [0.3, 0.4) is 0 Å². The van der Waals surface area contributed by atoms with Gasteiger partial charge < -0.3 is 0 Å². The number of alkyl halides is 9. The van der Waals surface area contributed by atoms with E-state index in [0.717, 1.165) is 32.2 Å². The molecule has 43 heavy (non-hydrogen) atoms. The predicted molar refractivity (Wildman–Crippen MR) is 127 cm³/mol. The van der Waals surface area contributed by atoms with Crippen molar-refractivity contribution in [2.24, 2.45) is 0 Å². The summed E-state index contributed by atoms with van der Waals surface area (Å²) in [5.41, 5.74) is 1.83. The van der Waals surface area contributed by atoms with Gasteiger partial charge in [0.25, 0.3) is 0 Å². The Balaban J connectivity index is -0.000000495. The summed E-state index contributed by atoms with van der Waals surface area (Å²) < 4.78 is 102. The van der Waals surface area contributed by atoms with Crippen LogP contribution >= 0.6 is 0 Å². The maximum atomic E-state index is 11.3. The van der Waals surface area contributed by atoms with Crippen molar-refractivity contribution in [2.45, 2.75) is 58.6 Å². The molecule has 0 saturated carbocycles. The van der Waals surface area contributed by atoms with Crippen LogP contribution in [0.5, 0.6) is 0 Å². The Labute approximate surface area is 269 Å². The molecule has 0 unspecified atom stereocenters. The normalized spacial score (nSPS) is 10.5. The number of aromatic nitrogens is 2. The molecule has 0 aliphatic rings. The zero-order valence-corrected chi connectivity index (χ0v) is 24.5. The van der Waals surface area contributed by atoms with E-state index in [4.69, 9.17) is 0 Å². The molecule has 0 spiro atoms. The van der Waals surface area contributed by atoms with Crippen LogP contribution < -0.4 is 0 Å². The number of carbonyl (C=O) groups is 6. The number of rotatable bonds is 7. The molecule has 0 aliphatic heterocycles. The molecule has 2 rings (SSSR count). The van der Waals surface area contributed by atoms with Gasteiger partial charge in [-0.3, -0.25) is 38.7 Å². The Hall–Kier alpha value is -3.02. The first-order valence-electron chi connectivity index (χ1n) is 11.1. The van der Waals surface area contributed by atoms with Crippen molar-refractivity contribution in [3.05, 3.63) is 48.8 Å². The smallest absolute Gasteiger partial charge is 0.300 e. The van der Waals surface area contributed by atoms with Crippen LogP contribution in [-0.2, 0) is 28.8 Å². The number of carbonyl (C=O) groups excluding carboxylic acids is 6. The zero-order valence-electron chi connectivity index (χ0n) is 22.3. The molecule has 2 aromatic rings. The Morgan fingerprint density at radius 3 is 0.860 bits per heavy atom. The summed E-state index contributed by atoms with van der Waals surface area (Å²) in [6.07, 6.45) is -14.2. The fraction of sp³-hybridized carbons (Fsp3) is 0.360. The minimum absolute atomic E-state index is 0. The first kappa shape index (κ1) is 44.4. The van der Waals surface area contributed by atoms with E-state index in [1.165, 1.54) is 0 Å². The van der Waals surface area contributed by atoms with E-state index in [9.17, 15) is 68.3 Å². The summed E-state index contributed by atoms with van der Waals surface area (Å²) in [5.74, 6) is -8.29. The van der Waals surface area contributed by atoms with Gasteiger partial charge in [0.15, 0.2) is 0 Å². The van der Waals surface area contributed by atoms with Gasteiger partial charge in [0.1, 0.15) is 17.3 Å². The number of pyridine rings is 2. The third kappa shape index (κ3) is 24.1. The molecule has 2 heterocycles. The standard InChI is InChI=1S/C10H8N2.3C5H5F3O2.Tb/c1-3-7-11-9(5-1)10-6-2-4-8-12-10;3*1-3(9)2-4(10)5(6,7)8;/h1-8H;3*2H2,1H3;. The van der Waals surface area contributed by atoms with Gasteiger partial charge in [-0.1, -0.05) is 12.1 Å². The van der Waals surface area contributed by atoms with E-state index < -0.39 is 72.5 Å². The predicted octanol–water partition coefficient (Wildman–Crippen LogP) is 5.43. The summed E-state index contributed by atoms with van der Waals surface area (Å²) in [4.78, 5) is 68.1. The van der Waals surface area contributed by atoms with Gasteiger partial charge in [0.05, 0.1) is 30.7 Å². The average Bonchev–Trinajstić information content (AvgIpc) is 2.83. The van der Waals surface area contributed by atoms with Gasteiger partial charge in [-0.2, -0.15) is 39.5 Å². The first-order valence-corrected chi connectivity index (χ1v) is 11.1. The largest absolute Gasteiger partial charge is 0.450 e. The molecule has 1 radical (unpaired) electrons. The fourth-order valence-corrected chi connectivity index (χ4v) is 2.01. The SMILES string of the molecule is CC(=O)CC(=O)C(F)(F)F.CC(=O)CC(=O)C(F)(F)F.CC(=O)CC(=O)C(F)(F)F.[Tb].c1ccc(-c2ccccn2)nc1. The molecule has 18 heteroatoms. The minimum atomic E-state index is -4.87. The van der Waals surface area contributed by atoms with Gasteiger partial charge in [-0.15, -0.1) is 0 Å². The molecule has 241 valence electrons. The molecule has 0 bridgehead atoms. The minimum Gasteiger partial charge on any atom is -0.300 e. The summed E-state index contributed by atoms with van der Waals surface area (Å²) in [7, 11) is 0. The average molecular weight is 777 g/mol. The molecule has 0 N–H and O–H groups in total. The maximum absolute atomic E-state index is 11.3. The molecule has 0 fully saturated rings. The summed E-state index contributed by atoms with van der Waals surface area (Å²) in [6, 6.07) is 11.6. The number of hydrogen-bond acceptors (Lipinski definition) is 8. The molecule has 0 aromatic carbocycles. The van der Waals surface area contributed by atoms with Crippen molar-refractivity contribution >= 4 is 34.7 Å². The molecule has 0 amide bonds. The van der Waals surface area contributed by atoms with Gasteiger partial charge in [0, 0.05) is 51.0 Å². The third-order valence-electron chi connectivity index (χ3n) is 3.77. The Bertz CT molecular complexity index is 1070. The number of hydrogen-bond donors (Lipinski definition) is 0. The molecule has 8 nitrogen and oxygen atoms in total. The van der Waals surface area contributed by atoms with Crippen molar-refractivity contribution in [3.8, 4) is 11.4 Å². The fourth-order valence-electron chi connectivity index (χ4n) is 2.01. The second-order valence-corrected chi connectivity index (χ2v) is 7.83. The van der Waals surface area contributed by atoms with Crippen LogP contribution in [0.25, 0.3) is 11.4 Å². The maximum Gasteiger partial charge on any atom is 0.450 e. The van der Waals surface area contributed by atoms with E-state index in [0.29, 0.717) is 0 Å². The van der Waals surface area contributed by atoms with E-state index in [2.05, 4.69) is 9.97 Å². The monoisotopic (exact) mass is 777 g/mol. The van der Waals surface area contributed by atoms with E-state index in [1.807, 2.05) is 36.4 Å². The van der Waals surface area contributed by atoms with Crippen molar-refractivity contribution in [1.29, 1.82) is 0 Å². The van der Waals surface area contributed by atoms with Gasteiger partial charge in [-0.25, -0.2) is 0 Å². The summed E-state index contributed by atoms with van der Waals surface area (Å²) >= 11 is 0. The number of Topliss-reactive ketones (excluding diaryl/α,β-unsaturated/α-hetero) is 6. The Kier molecular flexibility index (Phi) is 21.5. The van der Waals surface area contributed by atoms with E-state index >= 15 is 0 Å². The zero-order chi connectivity index (χ0) is 33.3. The van der Waals surface area contributed by atoms with Crippen molar-refractivity contribution in [1.82, 2.24) is 9.97 Å². The van der Waals surface area contributed by atoms with Crippen molar-refractivity contribution < 1.29 is 107 Å². The molecule has 0 atom stereocenters. The number of nitrogens with zero attached hydrogens (tertiary/aromatic N) is 2. The Morgan fingerprint density at radius 2 is 0.744 bits per heavy atom. The Morgan fingerprint density at radius 1 is 0.512 bits per heavy atom. The molecule has 2 aromatic heterocycles. The van der Waals surface area contributed by atoms with Gasteiger partial charge in [0.2, 0.25) is 17.3 Å². The molecule has 0 saturated heterocycles. The van der Waals surface area contributed by atoms with Gasteiger partial charge >= 0.3 is 18.5 Å². The van der Waals surface area contributed by atoms with Crippen LogP contribution in [-0.4, -0.2) is 63.2 Å². The topological polar surface area (TPSA) is 128 Å². The van der Waals surface area contributed by atoms with Crippen LogP contribution in [0.1, 0.15) is 40.0 Å². The number of halogens is 9.